The Bertz CT molecular complexity index is 384. The zero-order chi connectivity index (χ0) is 10.6. The number of sulfone groups is 1. The number of nitrogen functional groups attached to an aromatic ring is 1. The molecule has 0 saturated carbocycles. The Labute approximate surface area is 84.0 Å². The molecule has 0 spiro atoms. The fourth-order valence-corrected chi connectivity index (χ4v) is 2.29. The summed E-state index contributed by atoms with van der Waals surface area (Å²) in [4.78, 5) is 0.321. The molecule has 4 nitrogen and oxygen atoms in total. The van der Waals surface area contributed by atoms with E-state index in [9.17, 15) is 8.42 Å². The van der Waals surface area contributed by atoms with E-state index < -0.39 is 9.84 Å². The first-order valence-electron chi connectivity index (χ1n) is 4.29. The first-order valence-corrected chi connectivity index (χ1v) is 5.94. The molecular formula is C9H14N2O2S. The van der Waals surface area contributed by atoms with Gasteiger partial charge in [-0.25, -0.2) is 8.42 Å². The van der Waals surface area contributed by atoms with E-state index in [1.807, 2.05) is 0 Å². The molecule has 0 fully saturated rings. The minimum atomic E-state index is -3.16. The van der Waals surface area contributed by atoms with Gasteiger partial charge in [-0.05, 0) is 31.3 Å². The highest BCUT2D eigenvalue weighted by Gasteiger charge is 2.12. The van der Waals surface area contributed by atoms with Crippen molar-refractivity contribution < 1.29 is 8.42 Å². The monoisotopic (exact) mass is 214 g/mol. The largest absolute Gasteiger partial charge is 0.399 e. The lowest BCUT2D eigenvalue weighted by Crippen LogP contribution is -2.19. The number of anilines is 1. The summed E-state index contributed by atoms with van der Waals surface area (Å²) in [6, 6.07) is 6.24. The Morgan fingerprint density at radius 3 is 2.36 bits per heavy atom. The lowest BCUT2D eigenvalue weighted by atomic mass is 10.3. The van der Waals surface area contributed by atoms with Crippen LogP contribution < -0.4 is 11.1 Å². The van der Waals surface area contributed by atoms with Crippen LogP contribution in [-0.4, -0.2) is 27.8 Å². The van der Waals surface area contributed by atoms with Gasteiger partial charge in [0, 0.05) is 12.2 Å². The second-order valence-corrected chi connectivity index (χ2v) is 5.10. The molecule has 14 heavy (non-hydrogen) atoms. The van der Waals surface area contributed by atoms with Gasteiger partial charge in [-0.1, -0.05) is 0 Å². The minimum absolute atomic E-state index is 0.105. The van der Waals surface area contributed by atoms with Gasteiger partial charge < -0.3 is 11.1 Å². The number of hydrogen-bond donors (Lipinski definition) is 2. The van der Waals surface area contributed by atoms with E-state index in [2.05, 4.69) is 5.32 Å². The summed E-state index contributed by atoms with van der Waals surface area (Å²) < 4.78 is 23.2. The van der Waals surface area contributed by atoms with Gasteiger partial charge in [0.1, 0.15) is 0 Å². The highest BCUT2D eigenvalue weighted by Crippen LogP contribution is 2.12. The van der Waals surface area contributed by atoms with Gasteiger partial charge in [0.2, 0.25) is 0 Å². The van der Waals surface area contributed by atoms with Gasteiger partial charge >= 0.3 is 0 Å². The zero-order valence-corrected chi connectivity index (χ0v) is 8.84. The Hall–Kier alpha value is -1.07. The van der Waals surface area contributed by atoms with Gasteiger partial charge in [0.05, 0.1) is 10.6 Å². The number of benzene rings is 1. The Morgan fingerprint density at radius 2 is 1.86 bits per heavy atom. The van der Waals surface area contributed by atoms with Gasteiger partial charge in [0.15, 0.2) is 9.84 Å². The van der Waals surface area contributed by atoms with Crippen LogP contribution in [0.25, 0.3) is 0 Å². The summed E-state index contributed by atoms with van der Waals surface area (Å²) in [6.45, 7) is 0.451. The first-order chi connectivity index (χ1) is 6.56. The van der Waals surface area contributed by atoms with Gasteiger partial charge in [0.25, 0.3) is 0 Å². The summed E-state index contributed by atoms with van der Waals surface area (Å²) in [5.41, 5.74) is 6.03. The van der Waals surface area contributed by atoms with Crippen molar-refractivity contribution in [2.24, 2.45) is 0 Å². The summed E-state index contributed by atoms with van der Waals surface area (Å²) in [5.74, 6) is 0.105. The molecular weight excluding hydrogens is 200 g/mol. The molecule has 0 bridgehead atoms. The maximum atomic E-state index is 11.6. The summed E-state index contributed by atoms with van der Waals surface area (Å²) in [6.07, 6.45) is 0. The lowest BCUT2D eigenvalue weighted by Gasteiger charge is -2.03. The lowest BCUT2D eigenvalue weighted by molar-refractivity contribution is 0.593. The summed E-state index contributed by atoms with van der Waals surface area (Å²) >= 11 is 0. The standard InChI is InChI=1S/C9H14N2O2S/c1-11-6-7-14(12,13)9-4-2-8(10)3-5-9/h2-5,11H,6-7,10H2,1H3. The molecule has 1 aromatic carbocycles. The molecule has 0 saturated heterocycles. The number of nitrogens with two attached hydrogens (primary N) is 1. The van der Waals surface area contributed by atoms with Crippen molar-refractivity contribution in [3.63, 3.8) is 0 Å². The molecule has 0 aliphatic carbocycles. The van der Waals surface area contributed by atoms with Crippen LogP contribution >= 0.6 is 0 Å². The van der Waals surface area contributed by atoms with Crippen molar-refractivity contribution in [2.75, 3.05) is 25.1 Å². The predicted molar refractivity (Wildman–Crippen MR) is 56.8 cm³/mol. The molecule has 0 heterocycles. The van der Waals surface area contributed by atoms with E-state index in [1.54, 1.807) is 19.2 Å². The van der Waals surface area contributed by atoms with Crippen LogP contribution in [0.4, 0.5) is 5.69 Å². The molecule has 78 valence electrons. The topological polar surface area (TPSA) is 72.2 Å². The number of rotatable bonds is 4. The molecule has 1 rings (SSSR count). The van der Waals surface area contributed by atoms with Crippen LogP contribution in [0.15, 0.2) is 29.2 Å². The van der Waals surface area contributed by atoms with E-state index in [0.717, 1.165) is 0 Å². The maximum absolute atomic E-state index is 11.6. The van der Waals surface area contributed by atoms with Crippen molar-refractivity contribution in [1.29, 1.82) is 0 Å². The molecule has 0 atom stereocenters. The van der Waals surface area contributed by atoms with Crippen molar-refractivity contribution in [3.05, 3.63) is 24.3 Å². The zero-order valence-electron chi connectivity index (χ0n) is 8.03. The number of hydrogen-bond acceptors (Lipinski definition) is 4. The van der Waals surface area contributed by atoms with E-state index >= 15 is 0 Å². The third-order valence-electron chi connectivity index (χ3n) is 1.86. The fourth-order valence-electron chi connectivity index (χ4n) is 1.03. The van der Waals surface area contributed by atoms with Crippen molar-refractivity contribution >= 4 is 15.5 Å². The van der Waals surface area contributed by atoms with Crippen molar-refractivity contribution in [2.45, 2.75) is 4.90 Å². The summed E-state index contributed by atoms with van der Waals surface area (Å²) in [5, 5.41) is 2.80. The molecule has 0 aromatic heterocycles. The predicted octanol–water partition coefficient (Wildman–Crippen LogP) is 0.262. The van der Waals surface area contributed by atoms with Gasteiger partial charge in [-0.3, -0.25) is 0 Å². The van der Waals surface area contributed by atoms with Crippen LogP contribution in [0, 0.1) is 0 Å². The second-order valence-electron chi connectivity index (χ2n) is 2.99. The molecule has 0 unspecified atom stereocenters. The molecule has 0 amide bonds. The molecule has 0 aliphatic heterocycles. The van der Waals surface area contributed by atoms with E-state index in [-0.39, 0.29) is 5.75 Å². The molecule has 3 N–H and O–H groups in total. The average Bonchev–Trinajstić information content (AvgIpc) is 2.16. The van der Waals surface area contributed by atoms with Gasteiger partial charge in [-0.2, -0.15) is 0 Å². The van der Waals surface area contributed by atoms with Gasteiger partial charge in [-0.15, -0.1) is 0 Å². The Balaban J connectivity index is 2.87. The normalized spacial score (nSPS) is 11.5. The average molecular weight is 214 g/mol. The molecule has 0 radical (unpaired) electrons. The van der Waals surface area contributed by atoms with Crippen molar-refractivity contribution in [3.8, 4) is 0 Å². The number of nitrogens with one attached hydrogen (secondary N) is 1. The van der Waals surface area contributed by atoms with E-state index in [0.29, 0.717) is 17.1 Å². The maximum Gasteiger partial charge on any atom is 0.179 e. The van der Waals surface area contributed by atoms with Crippen LogP contribution in [0.3, 0.4) is 0 Å². The third-order valence-corrected chi connectivity index (χ3v) is 3.59. The second kappa shape index (κ2) is 4.43. The Kier molecular flexibility index (Phi) is 3.49. The highest BCUT2D eigenvalue weighted by molar-refractivity contribution is 7.91. The van der Waals surface area contributed by atoms with E-state index in [4.69, 9.17) is 5.73 Å². The third kappa shape index (κ3) is 2.71. The minimum Gasteiger partial charge on any atom is -0.399 e. The van der Waals surface area contributed by atoms with Crippen LogP contribution in [0.2, 0.25) is 0 Å². The smallest absolute Gasteiger partial charge is 0.179 e. The van der Waals surface area contributed by atoms with E-state index in [1.165, 1.54) is 12.1 Å². The Morgan fingerprint density at radius 1 is 1.29 bits per heavy atom. The fraction of sp³-hybridized carbons (Fsp3) is 0.333. The first kappa shape index (κ1) is 11.0. The molecule has 0 aliphatic rings. The highest BCUT2D eigenvalue weighted by atomic mass is 32.2. The molecule has 5 heteroatoms. The van der Waals surface area contributed by atoms with Crippen molar-refractivity contribution in [1.82, 2.24) is 5.32 Å². The van der Waals surface area contributed by atoms with Crippen LogP contribution in [0.1, 0.15) is 0 Å². The molecule has 1 aromatic rings. The van der Waals surface area contributed by atoms with Crippen LogP contribution in [0.5, 0.6) is 0 Å². The van der Waals surface area contributed by atoms with Crippen LogP contribution in [-0.2, 0) is 9.84 Å². The SMILES string of the molecule is CNCCS(=O)(=O)c1ccc(N)cc1. The quantitative estimate of drug-likeness (QED) is 0.705. The summed E-state index contributed by atoms with van der Waals surface area (Å²) in [7, 11) is -1.44.